The van der Waals surface area contributed by atoms with Crippen molar-refractivity contribution in [2.75, 3.05) is 18.0 Å². The first-order valence-corrected chi connectivity index (χ1v) is 10.5. The summed E-state index contributed by atoms with van der Waals surface area (Å²) in [4.78, 5) is 21.0. The van der Waals surface area contributed by atoms with E-state index in [0.29, 0.717) is 17.0 Å². The van der Waals surface area contributed by atoms with Crippen LogP contribution in [0.2, 0.25) is 0 Å². The highest BCUT2D eigenvalue weighted by molar-refractivity contribution is 5.73. The number of anilines is 1. The molecular weight excluding hydrogens is 446 g/mol. The molecule has 0 fully saturated rings. The number of aliphatic carboxylic acids is 1. The van der Waals surface area contributed by atoms with Crippen LogP contribution in [0.4, 0.5) is 14.6 Å². The Morgan fingerprint density at radius 3 is 2.65 bits per heavy atom. The lowest BCUT2D eigenvalue weighted by Gasteiger charge is -2.24. The van der Waals surface area contributed by atoms with E-state index in [1.165, 1.54) is 21.9 Å². The number of nitrogens with zero attached hydrogens (tertiary/aromatic N) is 6. The molecule has 3 heterocycles. The molecule has 4 aromatic rings. The smallest absolute Gasteiger partial charge is 0.323 e. The summed E-state index contributed by atoms with van der Waals surface area (Å²) in [5.41, 5.74) is 1.68. The summed E-state index contributed by atoms with van der Waals surface area (Å²) in [6, 6.07) is 9.59. The second-order valence-corrected chi connectivity index (χ2v) is 8.08. The van der Waals surface area contributed by atoms with Gasteiger partial charge in [-0.15, -0.1) is 0 Å². The second-order valence-electron chi connectivity index (χ2n) is 8.08. The van der Waals surface area contributed by atoms with Crippen molar-refractivity contribution in [3.63, 3.8) is 0 Å². The van der Waals surface area contributed by atoms with Crippen molar-refractivity contribution in [1.82, 2.24) is 24.9 Å². The highest BCUT2D eigenvalue weighted by Gasteiger charge is 2.22. The highest BCUT2D eigenvalue weighted by Crippen LogP contribution is 2.27. The van der Waals surface area contributed by atoms with Gasteiger partial charge in [-0.25, -0.2) is 18.7 Å². The fourth-order valence-corrected chi connectivity index (χ4v) is 3.52. The van der Waals surface area contributed by atoms with Crippen LogP contribution in [0.1, 0.15) is 19.4 Å². The summed E-state index contributed by atoms with van der Waals surface area (Å²) in [6.45, 7) is 3.75. The molecule has 0 aliphatic heterocycles. The molecule has 0 unspecified atom stereocenters. The lowest BCUT2D eigenvalue weighted by molar-refractivity contribution is -0.135. The molecule has 0 amide bonds. The zero-order valence-corrected chi connectivity index (χ0v) is 18.5. The van der Waals surface area contributed by atoms with Crippen molar-refractivity contribution in [3.05, 3.63) is 66.1 Å². The van der Waals surface area contributed by atoms with Gasteiger partial charge in [0.25, 0.3) is 0 Å². The molecule has 4 rings (SSSR count). The zero-order chi connectivity index (χ0) is 24.2. The molecule has 9 nitrogen and oxygen atoms in total. The van der Waals surface area contributed by atoms with Gasteiger partial charge in [0.15, 0.2) is 17.5 Å². The van der Waals surface area contributed by atoms with E-state index in [1.54, 1.807) is 30.3 Å². The van der Waals surface area contributed by atoms with E-state index < -0.39 is 18.3 Å². The first-order valence-electron chi connectivity index (χ1n) is 10.5. The van der Waals surface area contributed by atoms with E-state index in [1.807, 2.05) is 13.8 Å². The normalized spacial score (nSPS) is 11.2. The molecule has 0 aliphatic rings. The molecule has 34 heavy (non-hydrogen) atoms. The Balaban J connectivity index is 1.76. The third-order valence-corrected chi connectivity index (χ3v) is 4.92. The Kier molecular flexibility index (Phi) is 6.62. The average Bonchev–Trinajstić information content (AvgIpc) is 3.45. The maximum absolute atomic E-state index is 14.6. The summed E-state index contributed by atoms with van der Waals surface area (Å²) < 4.78 is 35.4. The lowest BCUT2D eigenvalue weighted by Crippen LogP contribution is -2.34. The van der Waals surface area contributed by atoms with Gasteiger partial charge in [-0.05, 0) is 18.1 Å². The molecule has 1 aromatic carbocycles. The first kappa shape index (κ1) is 23.0. The molecule has 0 saturated carbocycles. The molecule has 1 N–H and O–H groups in total. The van der Waals surface area contributed by atoms with Crippen molar-refractivity contribution in [3.8, 4) is 22.9 Å². The zero-order valence-electron chi connectivity index (χ0n) is 18.5. The molecule has 0 atom stereocenters. The number of carbonyl (C=O) groups is 1. The Morgan fingerprint density at radius 2 is 1.97 bits per heavy atom. The fourth-order valence-electron chi connectivity index (χ4n) is 3.52. The first-order chi connectivity index (χ1) is 16.3. The maximum atomic E-state index is 14.6. The molecule has 11 heteroatoms. The van der Waals surface area contributed by atoms with Gasteiger partial charge in [0.2, 0.25) is 0 Å². The van der Waals surface area contributed by atoms with Crippen molar-refractivity contribution >= 4 is 11.8 Å². The SMILES string of the molecule is CC(C)CN(CC(=O)O)c1nc(-c2cc(-c3ccon3)n(Cc3ccccc3F)n2)ncc1F. The summed E-state index contributed by atoms with van der Waals surface area (Å²) in [7, 11) is 0. The molecule has 3 aromatic heterocycles. The van der Waals surface area contributed by atoms with Gasteiger partial charge in [-0.1, -0.05) is 37.2 Å². The minimum atomic E-state index is -1.11. The minimum absolute atomic E-state index is 0.0657. The van der Waals surface area contributed by atoms with Crippen LogP contribution < -0.4 is 4.90 Å². The van der Waals surface area contributed by atoms with Crippen LogP contribution in [-0.4, -0.2) is 49.1 Å². The van der Waals surface area contributed by atoms with E-state index in [-0.39, 0.29) is 42.2 Å². The Morgan fingerprint density at radius 1 is 1.18 bits per heavy atom. The average molecular weight is 468 g/mol. The van der Waals surface area contributed by atoms with Crippen LogP contribution in [0.25, 0.3) is 22.9 Å². The number of hydrogen-bond acceptors (Lipinski definition) is 7. The van der Waals surface area contributed by atoms with E-state index >= 15 is 0 Å². The van der Waals surface area contributed by atoms with Gasteiger partial charge in [0, 0.05) is 18.2 Å². The molecule has 0 saturated heterocycles. The van der Waals surface area contributed by atoms with Crippen LogP contribution in [-0.2, 0) is 11.3 Å². The third kappa shape index (κ3) is 5.08. The van der Waals surface area contributed by atoms with E-state index in [0.717, 1.165) is 6.20 Å². The van der Waals surface area contributed by atoms with Crippen LogP contribution in [0.15, 0.2) is 53.4 Å². The van der Waals surface area contributed by atoms with Crippen LogP contribution in [0.3, 0.4) is 0 Å². The third-order valence-electron chi connectivity index (χ3n) is 4.92. The molecule has 176 valence electrons. The minimum Gasteiger partial charge on any atom is -0.480 e. The largest absolute Gasteiger partial charge is 0.480 e. The number of benzene rings is 1. The Bertz CT molecular complexity index is 1290. The molecule has 0 aliphatic carbocycles. The van der Waals surface area contributed by atoms with Crippen molar-refractivity contribution in [1.29, 1.82) is 0 Å². The lowest BCUT2D eigenvalue weighted by atomic mass is 10.2. The van der Waals surface area contributed by atoms with Gasteiger partial charge in [-0.2, -0.15) is 5.10 Å². The topological polar surface area (TPSA) is 110 Å². The van der Waals surface area contributed by atoms with Crippen LogP contribution >= 0.6 is 0 Å². The van der Waals surface area contributed by atoms with Crippen molar-refractivity contribution in [2.45, 2.75) is 20.4 Å². The second kappa shape index (κ2) is 9.77. The van der Waals surface area contributed by atoms with Gasteiger partial charge in [0.1, 0.15) is 30.0 Å². The Labute approximate surface area is 193 Å². The number of hydrogen-bond donors (Lipinski definition) is 1. The van der Waals surface area contributed by atoms with Gasteiger partial charge < -0.3 is 14.5 Å². The number of halogens is 2. The molecular formula is C23H22F2N6O3. The summed E-state index contributed by atoms with van der Waals surface area (Å²) in [5, 5.41) is 17.7. The predicted octanol–water partition coefficient (Wildman–Crippen LogP) is 3.87. The van der Waals surface area contributed by atoms with Gasteiger partial charge in [-0.3, -0.25) is 9.48 Å². The maximum Gasteiger partial charge on any atom is 0.323 e. The predicted molar refractivity (Wildman–Crippen MR) is 119 cm³/mol. The summed E-state index contributed by atoms with van der Waals surface area (Å²) >= 11 is 0. The summed E-state index contributed by atoms with van der Waals surface area (Å²) in [6.07, 6.45) is 2.39. The number of carboxylic acid groups (broad SMARTS) is 1. The monoisotopic (exact) mass is 468 g/mol. The quantitative estimate of drug-likeness (QED) is 0.394. The van der Waals surface area contributed by atoms with Crippen LogP contribution in [0.5, 0.6) is 0 Å². The van der Waals surface area contributed by atoms with Crippen molar-refractivity contribution in [2.24, 2.45) is 5.92 Å². The van der Waals surface area contributed by atoms with Gasteiger partial charge >= 0.3 is 5.97 Å². The van der Waals surface area contributed by atoms with E-state index in [4.69, 9.17) is 4.52 Å². The molecule has 0 bridgehead atoms. The number of rotatable bonds is 9. The van der Waals surface area contributed by atoms with E-state index in [9.17, 15) is 18.7 Å². The number of aromatic nitrogens is 5. The van der Waals surface area contributed by atoms with Crippen LogP contribution in [0, 0.1) is 17.6 Å². The summed E-state index contributed by atoms with van der Waals surface area (Å²) in [5.74, 6) is -2.21. The van der Waals surface area contributed by atoms with E-state index in [2.05, 4.69) is 20.2 Å². The van der Waals surface area contributed by atoms with Gasteiger partial charge in [0.05, 0.1) is 18.4 Å². The Hall–Kier alpha value is -4.15. The van der Waals surface area contributed by atoms with Crippen molar-refractivity contribution < 1.29 is 23.2 Å². The standard InChI is InChI=1S/C23H22F2N6O3/c1-14(2)11-30(13-21(32)33)23-17(25)10-26-22(27-23)19-9-20(18-7-8-34-29-18)31(28-19)12-15-5-3-4-6-16(15)24/h3-10,14H,11-13H2,1-2H3,(H,32,33). The fraction of sp³-hybridized carbons (Fsp3) is 0.261. The highest BCUT2D eigenvalue weighted by atomic mass is 19.1. The molecule has 0 spiro atoms. The molecule has 0 radical (unpaired) electrons. The number of carboxylic acids is 1.